The van der Waals surface area contributed by atoms with Gasteiger partial charge in [-0.15, -0.1) is 0 Å². The van der Waals surface area contributed by atoms with E-state index in [0.717, 1.165) is 35.3 Å². The average Bonchev–Trinajstić information content (AvgIpc) is 2.18. The number of hydrogen-bond acceptors (Lipinski definition) is 1. The number of allylic oxidation sites excluding steroid dienone is 5. The molecule has 0 saturated heterocycles. The number of hydrogen-bond donors (Lipinski definition) is 0. The van der Waals surface area contributed by atoms with E-state index in [4.69, 9.17) is 0 Å². The molecule has 0 N–H and O–H groups in total. The summed E-state index contributed by atoms with van der Waals surface area (Å²) in [6, 6.07) is 0. The van der Waals surface area contributed by atoms with Crippen LogP contribution in [-0.2, 0) is 0 Å². The van der Waals surface area contributed by atoms with Crippen molar-refractivity contribution in [1.29, 1.82) is 0 Å². The molecule has 0 rings (SSSR count). The third-order valence-corrected chi connectivity index (χ3v) is 2.28. The van der Waals surface area contributed by atoms with Gasteiger partial charge in [-0.05, 0) is 44.4 Å². The average molecular weight is 217 g/mol. The summed E-state index contributed by atoms with van der Waals surface area (Å²) in [5.74, 6) is 0. The molecular weight excluding hydrogens is 194 g/mol. The topological polar surface area (TPSA) is 12.4 Å². The summed E-state index contributed by atoms with van der Waals surface area (Å²) in [5.41, 5.74) is 4.25. The molecule has 88 valence electrons. The van der Waals surface area contributed by atoms with Gasteiger partial charge in [-0.1, -0.05) is 38.2 Å². The summed E-state index contributed by atoms with van der Waals surface area (Å²) in [7, 11) is 0. The number of rotatable bonds is 6. The molecule has 0 bridgehead atoms. The molecule has 0 spiro atoms. The fraction of sp³-hybridized carbons (Fsp3) is 0.400. The van der Waals surface area contributed by atoms with E-state index in [0.29, 0.717) is 0 Å². The van der Waals surface area contributed by atoms with Crippen LogP contribution in [0.3, 0.4) is 0 Å². The Morgan fingerprint density at radius 1 is 1.25 bits per heavy atom. The predicted molar refractivity (Wildman–Crippen MR) is 74.9 cm³/mol. The van der Waals surface area contributed by atoms with Crippen LogP contribution in [0.4, 0.5) is 0 Å². The maximum absolute atomic E-state index is 4.35. The van der Waals surface area contributed by atoms with E-state index in [1.54, 1.807) is 0 Å². The predicted octanol–water partition coefficient (Wildman–Crippen LogP) is 4.84. The second-order valence-electron chi connectivity index (χ2n) is 3.94. The van der Waals surface area contributed by atoms with Crippen LogP contribution in [0.1, 0.15) is 40.5 Å². The Kier molecular flexibility index (Phi) is 7.19. The largest absolute Gasteiger partial charge is 0.266 e. The van der Waals surface area contributed by atoms with Crippen LogP contribution in [0.15, 0.2) is 53.2 Å². The van der Waals surface area contributed by atoms with E-state index in [1.807, 2.05) is 39.1 Å². The first kappa shape index (κ1) is 14.6. The van der Waals surface area contributed by atoms with Gasteiger partial charge in [-0.25, -0.2) is 0 Å². The molecule has 0 heterocycles. The summed E-state index contributed by atoms with van der Waals surface area (Å²) in [5, 5.41) is 0. The highest BCUT2D eigenvalue weighted by molar-refractivity contribution is 5.82. The molecule has 0 aliphatic heterocycles. The van der Waals surface area contributed by atoms with Gasteiger partial charge in [0, 0.05) is 11.9 Å². The second kappa shape index (κ2) is 7.86. The van der Waals surface area contributed by atoms with E-state index in [9.17, 15) is 0 Å². The van der Waals surface area contributed by atoms with Gasteiger partial charge in [0.1, 0.15) is 0 Å². The zero-order valence-electron chi connectivity index (χ0n) is 11.0. The van der Waals surface area contributed by atoms with Gasteiger partial charge in [0.05, 0.1) is 0 Å². The van der Waals surface area contributed by atoms with Crippen molar-refractivity contribution in [1.82, 2.24) is 0 Å². The molecule has 0 atom stereocenters. The molecule has 0 aromatic carbocycles. The zero-order chi connectivity index (χ0) is 12.6. The Morgan fingerprint density at radius 2 is 1.88 bits per heavy atom. The van der Waals surface area contributed by atoms with Crippen LogP contribution in [-0.4, -0.2) is 5.71 Å². The molecule has 0 amide bonds. The first-order valence-electron chi connectivity index (χ1n) is 5.74. The SMILES string of the molecule is C=C(C)/C(=C\C)C(=C)/C=C\N=C(C)CCC. The third-order valence-electron chi connectivity index (χ3n) is 2.28. The Balaban J connectivity index is 4.51. The van der Waals surface area contributed by atoms with Crippen molar-refractivity contribution in [2.45, 2.75) is 40.5 Å². The third kappa shape index (κ3) is 5.50. The lowest BCUT2D eigenvalue weighted by molar-refractivity contribution is 0.987. The van der Waals surface area contributed by atoms with Crippen LogP contribution in [0.5, 0.6) is 0 Å². The summed E-state index contributed by atoms with van der Waals surface area (Å²) in [6.45, 7) is 16.1. The van der Waals surface area contributed by atoms with Gasteiger partial charge < -0.3 is 0 Å². The van der Waals surface area contributed by atoms with Crippen LogP contribution < -0.4 is 0 Å². The fourth-order valence-corrected chi connectivity index (χ4v) is 1.48. The Bertz CT molecular complexity index is 340. The first-order valence-corrected chi connectivity index (χ1v) is 5.74. The molecule has 0 saturated carbocycles. The normalized spacial score (nSPS) is 13.2. The number of aliphatic imine (C=N–C) groups is 1. The molecule has 0 aromatic rings. The highest BCUT2D eigenvalue weighted by atomic mass is 14.7. The van der Waals surface area contributed by atoms with Crippen molar-refractivity contribution < 1.29 is 0 Å². The minimum absolute atomic E-state index is 0.961. The Labute approximate surface area is 100.0 Å². The first-order chi connectivity index (χ1) is 7.52. The van der Waals surface area contributed by atoms with Crippen LogP contribution in [0.2, 0.25) is 0 Å². The van der Waals surface area contributed by atoms with Crippen molar-refractivity contribution in [2.75, 3.05) is 0 Å². The van der Waals surface area contributed by atoms with Crippen molar-refractivity contribution in [3.63, 3.8) is 0 Å². The lowest BCUT2D eigenvalue weighted by Gasteiger charge is -2.04. The van der Waals surface area contributed by atoms with E-state index in [1.165, 1.54) is 0 Å². The summed E-state index contributed by atoms with van der Waals surface area (Å²) in [4.78, 5) is 4.35. The van der Waals surface area contributed by atoms with E-state index < -0.39 is 0 Å². The van der Waals surface area contributed by atoms with E-state index in [2.05, 4.69) is 25.1 Å². The molecule has 0 aliphatic carbocycles. The molecule has 1 heteroatoms. The van der Waals surface area contributed by atoms with Crippen molar-refractivity contribution in [3.8, 4) is 0 Å². The van der Waals surface area contributed by atoms with E-state index in [-0.39, 0.29) is 0 Å². The highest BCUT2D eigenvalue weighted by Gasteiger charge is 1.98. The quantitative estimate of drug-likeness (QED) is 0.446. The standard InChI is InChI=1S/C15H23N/c1-7-9-14(6)16-11-10-13(5)15(8-2)12(3)4/h8,10-11H,3,5,7,9H2,1-2,4,6H3/b11-10-,15-8+,16-14?. The second-order valence-corrected chi connectivity index (χ2v) is 3.94. The highest BCUT2D eigenvalue weighted by Crippen LogP contribution is 2.16. The van der Waals surface area contributed by atoms with Crippen molar-refractivity contribution in [2.24, 2.45) is 4.99 Å². The van der Waals surface area contributed by atoms with Gasteiger partial charge >= 0.3 is 0 Å². The molecule has 0 fully saturated rings. The smallest absolute Gasteiger partial charge is 0.0273 e. The molecule has 1 nitrogen and oxygen atoms in total. The fourth-order valence-electron chi connectivity index (χ4n) is 1.48. The van der Waals surface area contributed by atoms with Crippen molar-refractivity contribution in [3.05, 3.63) is 48.2 Å². The van der Waals surface area contributed by atoms with Gasteiger partial charge in [0.25, 0.3) is 0 Å². The minimum atomic E-state index is 0.961. The Hall–Kier alpha value is -1.37. The van der Waals surface area contributed by atoms with Gasteiger partial charge in [-0.2, -0.15) is 0 Å². The van der Waals surface area contributed by atoms with Gasteiger partial charge in [0.2, 0.25) is 0 Å². The molecule has 0 unspecified atom stereocenters. The summed E-state index contributed by atoms with van der Waals surface area (Å²) in [6.07, 6.45) is 7.96. The number of nitrogens with zero attached hydrogens (tertiary/aromatic N) is 1. The summed E-state index contributed by atoms with van der Waals surface area (Å²) < 4.78 is 0. The lowest BCUT2D eigenvalue weighted by Crippen LogP contribution is -1.88. The molecule has 0 radical (unpaired) electrons. The monoisotopic (exact) mass is 217 g/mol. The lowest BCUT2D eigenvalue weighted by atomic mass is 10.0. The van der Waals surface area contributed by atoms with Crippen LogP contribution in [0, 0.1) is 0 Å². The maximum atomic E-state index is 4.35. The van der Waals surface area contributed by atoms with Gasteiger partial charge in [-0.3, -0.25) is 4.99 Å². The molecule has 16 heavy (non-hydrogen) atoms. The Morgan fingerprint density at radius 3 is 2.31 bits per heavy atom. The molecule has 0 aromatic heterocycles. The minimum Gasteiger partial charge on any atom is -0.266 e. The van der Waals surface area contributed by atoms with Gasteiger partial charge in [0.15, 0.2) is 0 Å². The summed E-state index contributed by atoms with van der Waals surface area (Å²) >= 11 is 0. The van der Waals surface area contributed by atoms with E-state index >= 15 is 0 Å². The molecule has 0 aliphatic rings. The van der Waals surface area contributed by atoms with Crippen LogP contribution in [0.25, 0.3) is 0 Å². The van der Waals surface area contributed by atoms with Crippen LogP contribution >= 0.6 is 0 Å². The van der Waals surface area contributed by atoms with Crippen molar-refractivity contribution >= 4 is 5.71 Å². The molecular formula is C15H23N. The maximum Gasteiger partial charge on any atom is 0.0273 e. The zero-order valence-corrected chi connectivity index (χ0v) is 11.0.